The zero-order valence-electron chi connectivity index (χ0n) is 7.72. The molecule has 0 fully saturated rings. The van der Waals surface area contributed by atoms with Crippen LogP contribution in [0.3, 0.4) is 0 Å². The fraction of sp³-hybridized carbons (Fsp3) is 0.667. The number of alkyl halides is 3. The molecular formula is C6H11ClF3N3O2. The smallest absolute Gasteiger partial charge is 0.320 e. The number of hydrogen-bond donors (Lipinski definition) is 3. The van der Waals surface area contributed by atoms with Crippen molar-refractivity contribution in [1.29, 1.82) is 0 Å². The monoisotopic (exact) mass is 249 g/mol. The van der Waals surface area contributed by atoms with Crippen molar-refractivity contribution in [2.24, 2.45) is 5.73 Å². The van der Waals surface area contributed by atoms with Crippen molar-refractivity contribution in [3.8, 4) is 0 Å². The molecule has 5 nitrogen and oxygen atoms in total. The van der Waals surface area contributed by atoms with Gasteiger partial charge >= 0.3 is 12.1 Å². The molecule has 15 heavy (non-hydrogen) atoms. The lowest BCUT2D eigenvalue weighted by Gasteiger charge is -2.11. The Kier molecular flexibility index (Phi) is 7.07. The highest BCUT2D eigenvalue weighted by Crippen LogP contribution is 2.13. The van der Waals surface area contributed by atoms with Gasteiger partial charge in [0.05, 0.1) is 6.04 Å². The second kappa shape index (κ2) is 6.46. The number of nitrogens with two attached hydrogens (primary N) is 1. The van der Waals surface area contributed by atoms with E-state index in [0.717, 1.165) is 0 Å². The van der Waals surface area contributed by atoms with Crippen LogP contribution in [0.25, 0.3) is 0 Å². The highest BCUT2D eigenvalue weighted by Gasteiger charge is 2.39. The lowest BCUT2D eigenvalue weighted by atomic mass is 10.2. The number of nitrogens with one attached hydrogen (secondary N) is 2. The maximum atomic E-state index is 11.6. The molecule has 0 heterocycles. The van der Waals surface area contributed by atoms with Crippen LogP contribution in [-0.4, -0.2) is 24.0 Å². The Morgan fingerprint density at radius 1 is 1.33 bits per heavy atom. The number of amides is 2. The topological polar surface area (TPSA) is 84.2 Å². The molecule has 0 spiro atoms. The minimum Gasteiger partial charge on any atom is -0.320 e. The third-order valence-corrected chi connectivity index (χ3v) is 1.33. The number of carbonyl (C=O) groups is 2. The summed E-state index contributed by atoms with van der Waals surface area (Å²) in [6.45, 7) is 1.58. The van der Waals surface area contributed by atoms with Crippen molar-refractivity contribution in [3.05, 3.63) is 0 Å². The highest BCUT2D eigenvalue weighted by atomic mass is 35.5. The Bertz CT molecular complexity index is 234. The molecule has 0 aromatic heterocycles. The first-order chi connectivity index (χ1) is 6.29. The lowest BCUT2D eigenvalue weighted by molar-refractivity contribution is -0.175. The first kappa shape index (κ1) is 16.4. The van der Waals surface area contributed by atoms with E-state index in [1.165, 1.54) is 5.43 Å². The Balaban J connectivity index is 0. The Hall–Kier alpha value is -1.02. The zero-order valence-corrected chi connectivity index (χ0v) is 8.54. The molecule has 0 aliphatic rings. The SMILES string of the molecule is CC[C@@H](N)C(=O)NNC(=O)C(F)(F)F.Cl. The average molecular weight is 250 g/mol. The first-order valence-electron chi connectivity index (χ1n) is 3.71. The van der Waals surface area contributed by atoms with Gasteiger partial charge in [-0.3, -0.25) is 20.4 Å². The van der Waals surface area contributed by atoms with Crippen molar-refractivity contribution in [2.45, 2.75) is 25.6 Å². The van der Waals surface area contributed by atoms with Gasteiger partial charge < -0.3 is 5.73 Å². The molecule has 1 atom stereocenters. The van der Waals surface area contributed by atoms with Gasteiger partial charge in [-0.1, -0.05) is 6.92 Å². The molecule has 0 aromatic carbocycles. The molecule has 0 saturated carbocycles. The number of carbonyl (C=O) groups excluding carboxylic acids is 2. The molecule has 0 aromatic rings. The maximum Gasteiger partial charge on any atom is 0.472 e. The van der Waals surface area contributed by atoms with E-state index in [4.69, 9.17) is 5.73 Å². The predicted molar refractivity (Wildman–Crippen MR) is 47.9 cm³/mol. The van der Waals surface area contributed by atoms with Gasteiger partial charge in [-0.05, 0) is 6.42 Å². The van der Waals surface area contributed by atoms with Gasteiger partial charge in [0, 0.05) is 0 Å². The van der Waals surface area contributed by atoms with Crippen molar-refractivity contribution >= 4 is 24.2 Å². The van der Waals surface area contributed by atoms with Crippen LogP contribution >= 0.6 is 12.4 Å². The van der Waals surface area contributed by atoms with E-state index in [-0.39, 0.29) is 18.8 Å². The van der Waals surface area contributed by atoms with Crippen molar-refractivity contribution in [3.63, 3.8) is 0 Å². The summed E-state index contributed by atoms with van der Waals surface area (Å²) >= 11 is 0. The maximum absolute atomic E-state index is 11.6. The first-order valence-corrected chi connectivity index (χ1v) is 3.71. The number of halogens is 4. The second-order valence-electron chi connectivity index (χ2n) is 2.46. The van der Waals surface area contributed by atoms with Gasteiger partial charge in [-0.2, -0.15) is 13.2 Å². The van der Waals surface area contributed by atoms with Gasteiger partial charge in [0.25, 0.3) is 5.91 Å². The van der Waals surface area contributed by atoms with E-state index in [2.05, 4.69) is 0 Å². The molecule has 2 amide bonds. The van der Waals surface area contributed by atoms with Crippen molar-refractivity contribution < 1.29 is 22.8 Å². The van der Waals surface area contributed by atoms with Crippen LogP contribution in [-0.2, 0) is 9.59 Å². The lowest BCUT2D eigenvalue weighted by Crippen LogP contribution is -2.52. The van der Waals surface area contributed by atoms with Crippen LogP contribution in [0, 0.1) is 0 Å². The van der Waals surface area contributed by atoms with Crippen LogP contribution in [0.2, 0.25) is 0 Å². The average Bonchev–Trinajstić information content (AvgIpc) is 2.10. The summed E-state index contributed by atoms with van der Waals surface area (Å²) in [4.78, 5) is 21.0. The Morgan fingerprint density at radius 2 is 1.80 bits per heavy atom. The van der Waals surface area contributed by atoms with Gasteiger partial charge in [-0.25, -0.2) is 0 Å². The third kappa shape index (κ3) is 6.13. The molecule has 0 saturated heterocycles. The van der Waals surface area contributed by atoms with E-state index in [9.17, 15) is 22.8 Å². The quantitative estimate of drug-likeness (QED) is 0.596. The summed E-state index contributed by atoms with van der Waals surface area (Å²) in [7, 11) is 0. The Labute approximate surface area is 89.9 Å². The molecular weight excluding hydrogens is 239 g/mol. The molecule has 0 aliphatic heterocycles. The molecule has 0 aliphatic carbocycles. The van der Waals surface area contributed by atoms with Crippen LogP contribution < -0.4 is 16.6 Å². The van der Waals surface area contributed by atoms with Crippen LogP contribution in [0.1, 0.15) is 13.3 Å². The van der Waals surface area contributed by atoms with Crippen LogP contribution in [0.4, 0.5) is 13.2 Å². The number of rotatable bonds is 2. The molecule has 0 radical (unpaired) electrons. The summed E-state index contributed by atoms with van der Waals surface area (Å²) in [5.41, 5.74) is 7.92. The molecule has 90 valence electrons. The van der Waals surface area contributed by atoms with E-state index in [1.807, 2.05) is 0 Å². The van der Waals surface area contributed by atoms with E-state index in [0.29, 0.717) is 0 Å². The Morgan fingerprint density at radius 3 is 2.13 bits per heavy atom. The standard InChI is InChI=1S/C6H10F3N3O2.ClH/c1-2-3(10)4(13)11-12-5(14)6(7,8)9;/h3H,2,10H2,1H3,(H,11,13)(H,12,14);1H/t3-;/m1./s1. The normalized spacial score (nSPS) is 12.3. The fourth-order valence-corrected chi connectivity index (χ4v) is 0.467. The van der Waals surface area contributed by atoms with E-state index < -0.39 is 24.0 Å². The summed E-state index contributed by atoms with van der Waals surface area (Å²) in [6, 6.07) is -0.941. The largest absolute Gasteiger partial charge is 0.472 e. The van der Waals surface area contributed by atoms with Crippen LogP contribution in [0.15, 0.2) is 0 Å². The van der Waals surface area contributed by atoms with E-state index in [1.54, 1.807) is 12.3 Å². The van der Waals surface area contributed by atoms with Crippen molar-refractivity contribution in [2.75, 3.05) is 0 Å². The summed E-state index contributed by atoms with van der Waals surface area (Å²) < 4.78 is 34.8. The van der Waals surface area contributed by atoms with E-state index >= 15 is 0 Å². The molecule has 9 heteroatoms. The number of hydrazine groups is 1. The zero-order chi connectivity index (χ0) is 11.4. The van der Waals surface area contributed by atoms with Gasteiger partial charge in [0.15, 0.2) is 0 Å². The molecule has 4 N–H and O–H groups in total. The summed E-state index contributed by atoms with van der Waals surface area (Å²) in [5.74, 6) is -3.11. The van der Waals surface area contributed by atoms with Gasteiger partial charge in [-0.15, -0.1) is 12.4 Å². The van der Waals surface area contributed by atoms with Crippen molar-refractivity contribution in [1.82, 2.24) is 10.9 Å². The highest BCUT2D eigenvalue weighted by molar-refractivity contribution is 5.87. The third-order valence-electron chi connectivity index (χ3n) is 1.33. The minimum atomic E-state index is -5.02. The predicted octanol–water partition coefficient (Wildman–Crippen LogP) is -0.145. The van der Waals surface area contributed by atoms with Gasteiger partial charge in [0.1, 0.15) is 0 Å². The number of hydrogen-bond acceptors (Lipinski definition) is 3. The second-order valence-corrected chi connectivity index (χ2v) is 2.46. The fourth-order valence-electron chi connectivity index (χ4n) is 0.467. The van der Waals surface area contributed by atoms with Gasteiger partial charge in [0.2, 0.25) is 0 Å². The molecule has 0 bridgehead atoms. The summed E-state index contributed by atoms with van der Waals surface area (Å²) in [5, 5.41) is 0. The molecule has 0 unspecified atom stereocenters. The van der Waals surface area contributed by atoms with Crippen LogP contribution in [0.5, 0.6) is 0 Å². The minimum absolute atomic E-state index is 0. The molecule has 0 rings (SSSR count). The summed E-state index contributed by atoms with van der Waals surface area (Å²) in [6.07, 6.45) is -4.77.